The molecule has 1 heterocycles. The van der Waals surface area contributed by atoms with E-state index in [-0.39, 0.29) is 5.91 Å². The van der Waals surface area contributed by atoms with E-state index in [1.807, 2.05) is 53.9 Å². The molecule has 2 aromatic carbocycles. The van der Waals surface area contributed by atoms with Crippen LogP contribution in [0.4, 0.5) is 5.69 Å². The molecular formula is C15H10BrNOS. The van der Waals surface area contributed by atoms with Crippen molar-refractivity contribution in [2.75, 3.05) is 5.32 Å². The van der Waals surface area contributed by atoms with E-state index in [1.165, 1.54) is 0 Å². The number of hydrogen-bond donors (Lipinski definition) is 1. The quantitative estimate of drug-likeness (QED) is 0.709. The Bertz CT molecular complexity index is 750. The van der Waals surface area contributed by atoms with Gasteiger partial charge in [-0.05, 0) is 24.3 Å². The molecule has 2 nitrogen and oxygen atoms in total. The molecule has 1 N–H and O–H groups in total. The van der Waals surface area contributed by atoms with Crippen LogP contribution in [-0.4, -0.2) is 5.91 Å². The number of rotatable bonds is 2. The molecule has 0 atom stereocenters. The molecule has 0 unspecified atom stereocenters. The van der Waals surface area contributed by atoms with Crippen LogP contribution in [0.3, 0.4) is 0 Å². The molecule has 0 saturated carbocycles. The van der Waals surface area contributed by atoms with Gasteiger partial charge in [0.2, 0.25) is 0 Å². The molecule has 19 heavy (non-hydrogen) atoms. The van der Waals surface area contributed by atoms with Crippen LogP contribution >= 0.6 is 27.3 Å². The highest BCUT2D eigenvalue weighted by molar-refractivity contribution is 9.10. The van der Waals surface area contributed by atoms with Gasteiger partial charge in [-0.2, -0.15) is 0 Å². The molecule has 0 aliphatic rings. The average Bonchev–Trinajstić information content (AvgIpc) is 2.82. The number of anilines is 1. The van der Waals surface area contributed by atoms with Crippen molar-refractivity contribution >= 4 is 48.9 Å². The van der Waals surface area contributed by atoms with E-state index in [1.54, 1.807) is 11.3 Å². The number of amides is 1. The predicted molar refractivity (Wildman–Crippen MR) is 83.9 cm³/mol. The summed E-state index contributed by atoms with van der Waals surface area (Å²) in [6.45, 7) is 0. The van der Waals surface area contributed by atoms with Crippen LogP contribution in [0, 0.1) is 0 Å². The fourth-order valence-electron chi connectivity index (χ4n) is 1.92. The van der Waals surface area contributed by atoms with Crippen molar-refractivity contribution in [2.24, 2.45) is 0 Å². The highest BCUT2D eigenvalue weighted by Crippen LogP contribution is 2.26. The molecule has 0 spiro atoms. The van der Waals surface area contributed by atoms with Crippen molar-refractivity contribution in [1.82, 2.24) is 0 Å². The third-order valence-corrected chi connectivity index (χ3v) is 4.26. The van der Waals surface area contributed by atoms with Crippen molar-refractivity contribution in [2.45, 2.75) is 0 Å². The predicted octanol–water partition coefficient (Wildman–Crippen LogP) is 4.92. The zero-order valence-electron chi connectivity index (χ0n) is 9.89. The SMILES string of the molecule is O=C(Nc1cccc(Br)c1)c1csc2ccccc12. The Hall–Kier alpha value is -1.65. The number of thiophene rings is 1. The number of nitrogens with one attached hydrogen (secondary N) is 1. The zero-order chi connectivity index (χ0) is 13.2. The van der Waals surface area contributed by atoms with E-state index in [0.717, 1.165) is 25.8 Å². The molecule has 0 fully saturated rings. The van der Waals surface area contributed by atoms with Gasteiger partial charge in [-0.25, -0.2) is 0 Å². The Morgan fingerprint density at radius 2 is 1.95 bits per heavy atom. The summed E-state index contributed by atoms with van der Waals surface area (Å²) in [5.41, 5.74) is 1.51. The second kappa shape index (κ2) is 5.15. The minimum absolute atomic E-state index is 0.0736. The summed E-state index contributed by atoms with van der Waals surface area (Å²) in [5.74, 6) is -0.0736. The lowest BCUT2D eigenvalue weighted by Crippen LogP contribution is -2.11. The van der Waals surface area contributed by atoms with Crippen molar-refractivity contribution in [3.8, 4) is 0 Å². The highest BCUT2D eigenvalue weighted by Gasteiger charge is 2.11. The maximum Gasteiger partial charge on any atom is 0.257 e. The van der Waals surface area contributed by atoms with Gasteiger partial charge in [0.25, 0.3) is 5.91 Å². The summed E-state index contributed by atoms with van der Waals surface area (Å²) in [6.07, 6.45) is 0. The van der Waals surface area contributed by atoms with Crippen LogP contribution in [-0.2, 0) is 0 Å². The fraction of sp³-hybridized carbons (Fsp3) is 0. The van der Waals surface area contributed by atoms with Crippen molar-refractivity contribution in [3.63, 3.8) is 0 Å². The van der Waals surface area contributed by atoms with Crippen molar-refractivity contribution in [3.05, 3.63) is 63.9 Å². The second-order valence-electron chi connectivity index (χ2n) is 4.11. The molecule has 4 heteroatoms. The van der Waals surface area contributed by atoms with Gasteiger partial charge in [0.05, 0.1) is 5.56 Å². The van der Waals surface area contributed by atoms with Gasteiger partial charge in [0, 0.05) is 25.6 Å². The summed E-state index contributed by atoms with van der Waals surface area (Å²) in [4.78, 5) is 12.3. The van der Waals surface area contributed by atoms with Crippen LogP contribution in [0.25, 0.3) is 10.1 Å². The molecule has 3 rings (SSSR count). The molecule has 1 aromatic heterocycles. The number of benzene rings is 2. The lowest BCUT2D eigenvalue weighted by atomic mass is 10.1. The molecule has 3 aromatic rings. The first-order chi connectivity index (χ1) is 9.24. The molecule has 1 amide bonds. The normalized spacial score (nSPS) is 10.6. The zero-order valence-corrected chi connectivity index (χ0v) is 12.3. The topological polar surface area (TPSA) is 29.1 Å². The van der Waals surface area contributed by atoms with Gasteiger partial charge in [-0.1, -0.05) is 40.2 Å². The van der Waals surface area contributed by atoms with Gasteiger partial charge in [0.1, 0.15) is 0 Å². The standard InChI is InChI=1S/C15H10BrNOS/c16-10-4-3-5-11(8-10)17-15(18)13-9-19-14-7-2-1-6-12(13)14/h1-9H,(H,17,18). The highest BCUT2D eigenvalue weighted by atomic mass is 79.9. The van der Waals surface area contributed by atoms with E-state index in [4.69, 9.17) is 0 Å². The molecule has 0 saturated heterocycles. The summed E-state index contributed by atoms with van der Waals surface area (Å²) in [7, 11) is 0. The van der Waals surface area contributed by atoms with Gasteiger partial charge < -0.3 is 5.32 Å². The van der Waals surface area contributed by atoms with Crippen LogP contribution < -0.4 is 5.32 Å². The smallest absolute Gasteiger partial charge is 0.257 e. The minimum atomic E-state index is -0.0736. The van der Waals surface area contributed by atoms with E-state index < -0.39 is 0 Å². The fourth-order valence-corrected chi connectivity index (χ4v) is 3.26. The first-order valence-electron chi connectivity index (χ1n) is 5.77. The summed E-state index contributed by atoms with van der Waals surface area (Å²) >= 11 is 4.98. The lowest BCUT2D eigenvalue weighted by Gasteiger charge is -2.04. The van der Waals surface area contributed by atoms with E-state index in [0.29, 0.717) is 0 Å². The number of fused-ring (bicyclic) bond motifs is 1. The average molecular weight is 332 g/mol. The van der Waals surface area contributed by atoms with Crippen molar-refractivity contribution < 1.29 is 4.79 Å². The van der Waals surface area contributed by atoms with Gasteiger partial charge in [0.15, 0.2) is 0 Å². The Balaban J connectivity index is 1.92. The van der Waals surface area contributed by atoms with E-state index >= 15 is 0 Å². The van der Waals surface area contributed by atoms with Crippen molar-refractivity contribution in [1.29, 1.82) is 0 Å². The molecule has 94 valence electrons. The van der Waals surface area contributed by atoms with Gasteiger partial charge >= 0.3 is 0 Å². The molecular weight excluding hydrogens is 322 g/mol. The maximum absolute atomic E-state index is 12.3. The molecule has 0 radical (unpaired) electrons. The second-order valence-corrected chi connectivity index (χ2v) is 5.94. The monoisotopic (exact) mass is 331 g/mol. The first kappa shape index (κ1) is 12.4. The summed E-state index contributed by atoms with van der Waals surface area (Å²) in [5, 5.41) is 5.82. The minimum Gasteiger partial charge on any atom is -0.322 e. The third-order valence-electron chi connectivity index (χ3n) is 2.81. The first-order valence-corrected chi connectivity index (χ1v) is 7.44. The number of hydrogen-bond acceptors (Lipinski definition) is 2. The molecule has 0 bridgehead atoms. The largest absolute Gasteiger partial charge is 0.322 e. The Labute approximate surface area is 123 Å². The van der Waals surface area contributed by atoms with Crippen LogP contribution in [0.15, 0.2) is 58.4 Å². The van der Waals surface area contributed by atoms with Gasteiger partial charge in [-0.15, -0.1) is 11.3 Å². The number of carbonyl (C=O) groups is 1. The molecule has 0 aliphatic carbocycles. The van der Waals surface area contributed by atoms with Crippen LogP contribution in [0.2, 0.25) is 0 Å². The Morgan fingerprint density at radius 3 is 2.79 bits per heavy atom. The van der Waals surface area contributed by atoms with E-state index in [2.05, 4.69) is 21.2 Å². The molecule has 0 aliphatic heterocycles. The number of carbonyl (C=O) groups excluding carboxylic acids is 1. The lowest BCUT2D eigenvalue weighted by molar-refractivity contribution is 0.102. The maximum atomic E-state index is 12.3. The Morgan fingerprint density at radius 1 is 1.11 bits per heavy atom. The van der Waals surface area contributed by atoms with Gasteiger partial charge in [-0.3, -0.25) is 4.79 Å². The van der Waals surface area contributed by atoms with Crippen LogP contribution in [0.1, 0.15) is 10.4 Å². The van der Waals surface area contributed by atoms with Crippen LogP contribution in [0.5, 0.6) is 0 Å². The summed E-state index contributed by atoms with van der Waals surface area (Å²) in [6, 6.07) is 15.5. The van der Waals surface area contributed by atoms with E-state index in [9.17, 15) is 4.79 Å². The third kappa shape index (κ3) is 2.55. The Kier molecular flexibility index (Phi) is 3.36. The number of halogens is 1. The summed E-state index contributed by atoms with van der Waals surface area (Å²) < 4.78 is 2.07.